The molecular formula is C18H18N4O. The predicted octanol–water partition coefficient (Wildman–Crippen LogP) is 3.57. The van der Waals surface area contributed by atoms with Crippen molar-refractivity contribution in [2.75, 3.05) is 5.73 Å². The number of nitrogens with two attached hydrogens (primary N) is 1. The summed E-state index contributed by atoms with van der Waals surface area (Å²) in [6.45, 7) is 3.96. The highest BCUT2D eigenvalue weighted by Gasteiger charge is 2.10. The second-order valence-electron chi connectivity index (χ2n) is 5.58. The molecule has 0 fully saturated rings. The third-order valence-corrected chi connectivity index (χ3v) is 3.77. The molecule has 0 aliphatic carbocycles. The van der Waals surface area contributed by atoms with Gasteiger partial charge in [0, 0.05) is 47.6 Å². The lowest BCUT2D eigenvalue weighted by molar-refractivity contribution is 0.0977. The highest BCUT2D eigenvalue weighted by molar-refractivity contribution is 5.95. The Hall–Kier alpha value is -2.82. The van der Waals surface area contributed by atoms with Crippen molar-refractivity contribution < 1.29 is 4.79 Å². The number of aromatic nitrogens is 3. The largest absolute Gasteiger partial charge is 0.384 e. The van der Waals surface area contributed by atoms with Crippen LogP contribution >= 0.6 is 0 Å². The first-order valence-corrected chi connectivity index (χ1v) is 7.60. The Morgan fingerprint density at radius 2 is 1.91 bits per heavy atom. The van der Waals surface area contributed by atoms with Crippen LogP contribution in [0, 0.1) is 6.92 Å². The molecule has 0 spiro atoms. The van der Waals surface area contributed by atoms with Crippen LogP contribution in [0.2, 0.25) is 0 Å². The number of pyridine rings is 3. The molecule has 0 aliphatic rings. The maximum absolute atomic E-state index is 12.0. The minimum atomic E-state index is 0.0819. The number of nitrogens with zero attached hydrogens (tertiary/aromatic N) is 3. The Labute approximate surface area is 134 Å². The van der Waals surface area contributed by atoms with Crippen molar-refractivity contribution in [2.45, 2.75) is 26.7 Å². The van der Waals surface area contributed by atoms with Gasteiger partial charge in [-0.2, -0.15) is 0 Å². The van der Waals surface area contributed by atoms with E-state index in [9.17, 15) is 4.79 Å². The molecule has 0 unspecified atom stereocenters. The third kappa shape index (κ3) is 3.04. The quantitative estimate of drug-likeness (QED) is 0.745. The molecule has 3 heterocycles. The normalized spacial score (nSPS) is 10.9. The molecule has 0 bridgehead atoms. The first kappa shape index (κ1) is 15.1. The summed E-state index contributed by atoms with van der Waals surface area (Å²) in [6, 6.07) is 5.60. The van der Waals surface area contributed by atoms with Crippen molar-refractivity contribution >= 4 is 22.5 Å². The Balaban J connectivity index is 2.01. The first-order valence-electron chi connectivity index (χ1n) is 7.60. The van der Waals surface area contributed by atoms with E-state index in [2.05, 4.69) is 15.0 Å². The van der Waals surface area contributed by atoms with Gasteiger partial charge in [0.05, 0.1) is 5.52 Å². The number of ketones is 1. The van der Waals surface area contributed by atoms with Crippen molar-refractivity contribution in [2.24, 2.45) is 0 Å². The van der Waals surface area contributed by atoms with E-state index in [0.29, 0.717) is 17.9 Å². The molecule has 2 N–H and O–H groups in total. The van der Waals surface area contributed by atoms with Crippen molar-refractivity contribution in [3.05, 3.63) is 48.0 Å². The van der Waals surface area contributed by atoms with E-state index < -0.39 is 0 Å². The summed E-state index contributed by atoms with van der Waals surface area (Å²) in [5, 5.41) is 0.919. The molecule has 0 saturated carbocycles. The molecule has 0 atom stereocenters. The number of nitrogen functional groups attached to an aromatic ring is 1. The van der Waals surface area contributed by atoms with Gasteiger partial charge in [0.25, 0.3) is 0 Å². The molecular weight excluding hydrogens is 288 g/mol. The van der Waals surface area contributed by atoms with Gasteiger partial charge in [0.1, 0.15) is 11.5 Å². The van der Waals surface area contributed by atoms with Crippen molar-refractivity contribution in [1.82, 2.24) is 15.0 Å². The Morgan fingerprint density at radius 3 is 2.65 bits per heavy atom. The Kier molecular flexibility index (Phi) is 4.02. The number of Topliss-reactive ketones (excluding diaryl/α,β-unsaturated/α-hetero) is 1. The van der Waals surface area contributed by atoms with E-state index in [0.717, 1.165) is 34.0 Å². The van der Waals surface area contributed by atoms with Crippen LogP contribution < -0.4 is 5.73 Å². The lowest BCUT2D eigenvalue weighted by Crippen LogP contribution is -2.02. The average Bonchev–Trinajstić information content (AvgIpc) is 2.54. The summed E-state index contributed by atoms with van der Waals surface area (Å²) in [7, 11) is 0. The summed E-state index contributed by atoms with van der Waals surface area (Å²) >= 11 is 0. The van der Waals surface area contributed by atoms with E-state index in [1.165, 1.54) is 0 Å². The number of anilines is 1. The second-order valence-corrected chi connectivity index (χ2v) is 5.58. The van der Waals surface area contributed by atoms with Gasteiger partial charge in [-0.25, -0.2) is 4.98 Å². The van der Waals surface area contributed by atoms with Gasteiger partial charge in [0.15, 0.2) is 5.78 Å². The fourth-order valence-corrected chi connectivity index (χ4v) is 2.55. The molecule has 5 nitrogen and oxygen atoms in total. The highest BCUT2D eigenvalue weighted by Crippen LogP contribution is 2.26. The molecule has 3 aromatic heterocycles. The highest BCUT2D eigenvalue weighted by atomic mass is 16.1. The lowest BCUT2D eigenvalue weighted by Gasteiger charge is -2.08. The van der Waals surface area contributed by atoms with Gasteiger partial charge in [-0.05, 0) is 31.0 Å². The van der Waals surface area contributed by atoms with Gasteiger partial charge < -0.3 is 5.73 Å². The minimum Gasteiger partial charge on any atom is -0.384 e. The van der Waals surface area contributed by atoms with Gasteiger partial charge >= 0.3 is 0 Å². The zero-order valence-electron chi connectivity index (χ0n) is 13.2. The summed E-state index contributed by atoms with van der Waals surface area (Å²) < 4.78 is 0. The van der Waals surface area contributed by atoms with Crippen LogP contribution in [-0.4, -0.2) is 20.7 Å². The molecule has 0 saturated heterocycles. The smallest absolute Gasteiger partial charge is 0.181 e. The van der Waals surface area contributed by atoms with E-state index in [1.54, 1.807) is 24.7 Å². The summed E-state index contributed by atoms with van der Waals surface area (Å²) in [6.07, 6.45) is 6.59. The molecule has 0 radical (unpaired) electrons. The molecule has 23 heavy (non-hydrogen) atoms. The topological polar surface area (TPSA) is 81.8 Å². The molecule has 0 amide bonds. The van der Waals surface area contributed by atoms with Crippen molar-refractivity contribution in [3.8, 4) is 11.1 Å². The SMILES string of the molecule is CCCC(=O)c1cc(C)c(-c2cnc3cc(N)ncc3c2)cn1. The maximum Gasteiger partial charge on any atom is 0.181 e. The van der Waals surface area contributed by atoms with Gasteiger partial charge in [-0.1, -0.05) is 6.92 Å². The van der Waals surface area contributed by atoms with Crippen molar-refractivity contribution in [3.63, 3.8) is 0 Å². The van der Waals surface area contributed by atoms with E-state index >= 15 is 0 Å². The number of hydrogen-bond donors (Lipinski definition) is 1. The number of rotatable bonds is 4. The van der Waals surface area contributed by atoms with Gasteiger partial charge in [0.2, 0.25) is 0 Å². The van der Waals surface area contributed by atoms with Crippen LogP contribution in [0.25, 0.3) is 22.0 Å². The summed E-state index contributed by atoms with van der Waals surface area (Å²) in [5.41, 5.74) is 9.92. The fourth-order valence-electron chi connectivity index (χ4n) is 2.55. The monoisotopic (exact) mass is 306 g/mol. The second kappa shape index (κ2) is 6.12. The van der Waals surface area contributed by atoms with E-state index in [4.69, 9.17) is 5.73 Å². The van der Waals surface area contributed by atoms with Gasteiger partial charge in [-0.15, -0.1) is 0 Å². The third-order valence-electron chi connectivity index (χ3n) is 3.77. The standard InChI is InChI=1S/C18H18N4O/c1-3-4-17(23)16-5-11(2)14(10-21-16)12-6-13-9-22-18(19)7-15(13)20-8-12/h5-10H,3-4H2,1-2H3,(H2,19,22). The van der Waals surface area contributed by atoms with Crippen LogP contribution in [0.5, 0.6) is 0 Å². The molecule has 3 aromatic rings. The Morgan fingerprint density at radius 1 is 1.09 bits per heavy atom. The fraction of sp³-hybridized carbons (Fsp3) is 0.222. The molecule has 0 aromatic carbocycles. The van der Waals surface area contributed by atoms with Crippen LogP contribution in [0.4, 0.5) is 5.82 Å². The maximum atomic E-state index is 12.0. The number of aryl methyl sites for hydroxylation is 1. The van der Waals surface area contributed by atoms with Crippen LogP contribution in [0.1, 0.15) is 35.8 Å². The van der Waals surface area contributed by atoms with Crippen LogP contribution in [0.15, 0.2) is 36.8 Å². The van der Waals surface area contributed by atoms with E-state index in [1.807, 2.05) is 26.0 Å². The van der Waals surface area contributed by atoms with E-state index in [-0.39, 0.29) is 5.78 Å². The van der Waals surface area contributed by atoms with Gasteiger partial charge in [-0.3, -0.25) is 14.8 Å². The first-order chi connectivity index (χ1) is 11.1. The Bertz CT molecular complexity index is 889. The summed E-state index contributed by atoms with van der Waals surface area (Å²) in [5.74, 6) is 0.535. The van der Waals surface area contributed by atoms with Crippen molar-refractivity contribution in [1.29, 1.82) is 0 Å². The average molecular weight is 306 g/mol. The number of fused-ring (bicyclic) bond motifs is 1. The number of carbonyl (C=O) groups is 1. The summed E-state index contributed by atoms with van der Waals surface area (Å²) in [4.78, 5) is 24.8. The van der Waals surface area contributed by atoms with Crippen LogP contribution in [-0.2, 0) is 0 Å². The molecule has 116 valence electrons. The molecule has 0 aliphatic heterocycles. The zero-order valence-corrected chi connectivity index (χ0v) is 13.2. The minimum absolute atomic E-state index is 0.0819. The predicted molar refractivity (Wildman–Crippen MR) is 91.2 cm³/mol. The number of carbonyl (C=O) groups excluding carboxylic acids is 1. The zero-order chi connectivity index (χ0) is 16.4. The number of hydrogen-bond acceptors (Lipinski definition) is 5. The lowest BCUT2D eigenvalue weighted by atomic mass is 10.0. The molecule has 5 heteroatoms. The van der Waals surface area contributed by atoms with Crippen LogP contribution in [0.3, 0.4) is 0 Å². The molecule has 3 rings (SSSR count).